The fourth-order valence-corrected chi connectivity index (χ4v) is 4.12. The van der Waals surface area contributed by atoms with Crippen LogP contribution in [0.3, 0.4) is 0 Å². The first-order valence-corrected chi connectivity index (χ1v) is 9.42. The lowest BCUT2D eigenvalue weighted by molar-refractivity contribution is -0.658. The molecule has 0 fully saturated rings. The maximum Gasteiger partial charge on any atom is 0.271 e. The van der Waals surface area contributed by atoms with Crippen LogP contribution in [-0.2, 0) is 5.72 Å². The minimum Gasteiger partial charge on any atom is -0.346 e. The standard InChI is InChI=1S/C21H24ClN2O/c1-16-6-12-19(13-7-16)23-15-21(25,17-8-10-18(22)11-9-17)24-14-4-2-3-5-20(23)24/h6-13,25H,2-5,14-15H2,1H3/q+1. The van der Waals surface area contributed by atoms with Gasteiger partial charge in [-0.25, -0.2) is 9.48 Å². The van der Waals surface area contributed by atoms with Crippen molar-refractivity contribution in [3.8, 4) is 0 Å². The Morgan fingerprint density at radius 2 is 1.72 bits per heavy atom. The number of hydrogen-bond acceptors (Lipinski definition) is 2. The second-order valence-electron chi connectivity index (χ2n) is 7.12. The topological polar surface area (TPSA) is 26.5 Å². The van der Waals surface area contributed by atoms with Gasteiger partial charge in [-0.2, -0.15) is 0 Å². The fraction of sp³-hybridized carbons (Fsp3) is 0.381. The summed E-state index contributed by atoms with van der Waals surface area (Å²) in [5, 5.41) is 12.4. The maximum atomic E-state index is 11.7. The van der Waals surface area contributed by atoms with Gasteiger partial charge in [0.05, 0.1) is 6.54 Å². The molecule has 2 aromatic carbocycles. The molecule has 0 saturated heterocycles. The predicted octanol–water partition coefficient (Wildman–Crippen LogP) is 4.30. The van der Waals surface area contributed by atoms with Crippen LogP contribution in [0, 0.1) is 6.92 Å². The van der Waals surface area contributed by atoms with E-state index in [1.165, 1.54) is 24.2 Å². The monoisotopic (exact) mass is 355 g/mol. The van der Waals surface area contributed by atoms with Crippen LogP contribution < -0.4 is 4.90 Å². The number of anilines is 1. The van der Waals surface area contributed by atoms with Crippen LogP contribution in [0.2, 0.25) is 5.02 Å². The molecular weight excluding hydrogens is 332 g/mol. The summed E-state index contributed by atoms with van der Waals surface area (Å²) in [5.74, 6) is 1.24. The number of hydrogen-bond donors (Lipinski definition) is 1. The van der Waals surface area contributed by atoms with E-state index in [0.717, 1.165) is 30.6 Å². The van der Waals surface area contributed by atoms with Crippen molar-refractivity contribution in [2.24, 2.45) is 0 Å². The Bertz CT molecular complexity index is 798. The van der Waals surface area contributed by atoms with Crippen molar-refractivity contribution in [1.82, 2.24) is 0 Å². The third-order valence-corrected chi connectivity index (χ3v) is 5.63. The van der Waals surface area contributed by atoms with Crippen molar-refractivity contribution < 1.29 is 9.68 Å². The molecule has 3 nitrogen and oxygen atoms in total. The molecular formula is C21H24ClN2O+. The maximum absolute atomic E-state index is 11.7. The van der Waals surface area contributed by atoms with Crippen LogP contribution in [0.4, 0.5) is 5.69 Å². The minimum atomic E-state index is -1.00. The molecule has 0 aromatic heterocycles. The third-order valence-electron chi connectivity index (χ3n) is 5.38. The van der Waals surface area contributed by atoms with Crippen molar-refractivity contribution in [2.75, 3.05) is 18.0 Å². The minimum absolute atomic E-state index is 0.549. The van der Waals surface area contributed by atoms with Crippen molar-refractivity contribution in [3.05, 3.63) is 64.7 Å². The first-order chi connectivity index (χ1) is 12.1. The first kappa shape index (κ1) is 16.6. The van der Waals surface area contributed by atoms with Crippen LogP contribution in [0.15, 0.2) is 48.5 Å². The predicted molar refractivity (Wildman–Crippen MR) is 102 cm³/mol. The second-order valence-corrected chi connectivity index (χ2v) is 7.56. The van der Waals surface area contributed by atoms with Gasteiger partial charge in [-0.05, 0) is 50.5 Å². The van der Waals surface area contributed by atoms with Crippen LogP contribution in [0.25, 0.3) is 0 Å². The van der Waals surface area contributed by atoms with E-state index in [9.17, 15) is 5.11 Å². The zero-order valence-corrected chi connectivity index (χ0v) is 15.3. The summed E-state index contributed by atoms with van der Waals surface area (Å²) in [6.45, 7) is 3.53. The molecule has 2 aliphatic rings. The highest BCUT2D eigenvalue weighted by Crippen LogP contribution is 2.35. The molecule has 25 heavy (non-hydrogen) atoms. The average Bonchev–Trinajstić information content (AvgIpc) is 2.78. The molecule has 2 aromatic rings. The van der Waals surface area contributed by atoms with Crippen molar-refractivity contribution in [1.29, 1.82) is 0 Å². The molecule has 1 N–H and O–H groups in total. The summed E-state index contributed by atoms with van der Waals surface area (Å²) >= 11 is 6.06. The molecule has 0 saturated carbocycles. The first-order valence-electron chi connectivity index (χ1n) is 9.04. The van der Waals surface area contributed by atoms with E-state index in [2.05, 4.69) is 40.7 Å². The molecule has 1 atom stereocenters. The zero-order valence-electron chi connectivity index (χ0n) is 14.6. The van der Waals surface area contributed by atoms with Crippen molar-refractivity contribution >= 4 is 23.1 Å². The summed E-state index contributed by atoms with van der Waals surface area (Å²) in [6.07, 6.45) is 4.49. The van der Waals surface area contributed by atoms with E-state index in [1.54, 1.807) is 0 Å². The van der Waals surface area contributed by atoms with Crippen LogP contribution in [0.5, 0.6) is 0 Å². The Kier molecular flexibility index (Phi) is 4.30. The van der Waals surface area contributed by atoms with Gasteiger partial charge in [-0.15, -0.1) is 0 Å². The van der Waals surface area contributed by atoms with Crippen LogP contribution in [0.1, 0.15) is 36.8 Å². The van der Waals surface area contributed by atoms with Gasteiger partial charge >= 0.3 is 0 Å². The Labute approximate surface area is 154 Å². The number of β-amino-alcohol motifs (C(OH)–C–C–N with tert-alkyl or cyclic N) is 1. The lowest BCUT2D eigenvalue weighted by atomic mass is 10.0. The molecule has 0 spiro atoms. The van der Waals surface area contributed by atoms with Gasteiger partial charge in [0.25, 0.3) is 11.6 Å². The molecule has 2 heterocycles. The van der Waals surface area contributed by atoms with E-state index in [0.29, 0.717) is 11.6 Å². The summed E-state index contributed by atoms with van der Waals surface area (Å²) in [6, 6.07) is 16.2. The number of aryl methyl sites for hydroxylation is 1. The number of amidine groups is 1. The largest absolute Gasteiger partial charge is 0.346 e. The molecule has 2 aliphatic heterocycles. The highest BCUT2D eigenvalue weighted by atomic mass is 35.5. The second kappa shape index (κ2) is 6.47. The molecule has 4 rings (SSSR count). The SMILES string of the molecule is Cc1ccc(N2CC(O)(c3ccc(Cl)cc3)[N+]3=C2CCCCC3)cc1. The number of rotatable bonds is 2. The van der Waals surface area contributed by atoms with Gasteiger partial charge in [0.15, 0.2) is 6.54 Å². The van der Waals surface area contributed by atoms with Gasteiger partial charge in [0.1, 0.15) is 5.69 Å². The van der Waals surface area contributed by atoms with Gasteiger partial charge in [-0.3, -0.25) is 0 Å². The van der Waals surface area contributed by atoms with Gasteiger partial charge < -0.3 is 5.11 Å². The van der Waals surface area contributed by atoms with Crippen LogP contribution >= 0.6 is 11.6 Å². The number of aliphatic hydroxyl groups is 1. The van der Waals surface area contributed by atoms with Crippen LogP contribution in [-0.4, -0.2) is 28.6 Å². The Balaban J connectivity index is 1.79. The van der Waals surface area contributed by atoms with Gasteiger partial charge in [-0.1, -0.05) is 41.4 Å². The molecule has 0 aliphatic carbocycles. The third kappa shape index (κ3) is 2.96. The normalized spacial score (nSPS) is 23.6. The van der Waals surface area contributed by atoms with E-state index in [1.807, 2.05) is 24.3 Å². The molecule has 0 bridgehead atoms. The highest BCUT2D eigenvalue weighted by molar-refractivity contribution is 6.30. The number of benzene rings is 2. The van der Waals surface area contributed by atoms with E-state index in [-0.39, 0.29) is 0 Å². The molecule has 1 unspecified atom stereocenters. The van der Waals surface area contributed by atoms with Crippen molar-refractivity contribution in [2.45, 2.75) is 38.3 Å². The average molecular weight is 356 g/mol. The van der Waals surface area contributed by atoms with E-state index in [4.69, 9.17) is 11.6 Å². The Morgan fingerprint density at radius 3 is 2.44 bits per heavy atom. The summed E-state index contributed by atoms with van der Waals surface area (Å²) in [5.41, 5.74) is 2.30. The number of halogens is 1. The fourth-order valence-electron chi connectivity index (χ4n) is 4.00. The lowest BCUT2D eigenvalue weighted by Crippen LogP contribution is -2.41. The van der Waals surface area contributed by atoms with E-state index >= 15 is 0 Å². The van der Waals surface area contributed by atoms with Gasteiger partial charge in [0, 0.05) is 17.0 Å². The highest BCUT2D eigenvalue weighted by Gasteiger charge is 2.51. The number of nitrogens with zero attached hydrogens (tertiary/aromatic N) is 2. The van der Waals surface area contributed by atoms with E-state index < -0.39 is 5.72 Å². The molecule has 0 amide bonds. The Morgan fingerprint density at radius 1 is 1.00 bits per heavy atom. The van der Waals surface area contributed by atoms with Crippen molar-refractivity contribution in [3.63, 3.8) is 0 Å². The molecule has 4 heteroatoms. The summed E-state index contributed by atoms with van der Waals surface area (Å²) in [7, 11) is 0. The Hall–Kier alpha value is -1.84. The molecule has 0 radical (unpaired) electrons. The quantitative estimate of drug-likeness (QED) is 0.813. The summed E-state index contributed by atoms with van der Waals surface area (Å²) < 4.78 is 2.21. The van der Waals surface area contributed by atoms with Gasteiger partial charge in [0.2, 0.25) is 0 Å². The summed E-state index contributed by atoms with van der Waals surface area (Å²) in [4.78, 5) is 2.29. The zero-order chi connectivity index (χ0) is 17.4. The molecule has 130 valence electrons. The smallest absolute Gasteiger partial charge is 0.271 e. The lowest BCUT2D eigenvalue weighted by Gasteiger charge is -2.23.